The standard InChI is InChI=1S/C24H26N2O6/c1-31-23(29)17-10-6-15(7-11-17)21(27)25-14-19-4-3-5-20(19)26-22(28)16-8-12-18(13-9-16)24(30)32-2/h6-13,19-20H,3-5,14H2,1-2H3,(H,25,27)(H,26,28). The van der Waals surface area contributed by atoms with E-state index in [0.717, 1.165) is 19.3 Å². The first kappa shape index (κ1) is 23.0. The number of carbonyl (C=O) groups excluding carboxylic acids is 4. The summed E-state index contributed by atoms with van der Waals surface area (Å²) >= 11 is 0. The van der Waals surface area contributed by atoms with Gasteiger partial charge in [-0.05, 0) is 67.3 Å². The van der Waals surface area contributed by atoms with Crippen molar-refractivity contribution < 1.29 is 28.7 Å². The van der Waals surface area contributed by atoms with Crippen LogP contribution in [0.15, 0.2) is 48.5 Å². The fourth-order valence-electron chi connectivity index (χ4n) is 3.80. The highest BCUT2D eigenvalue weighted by molar-refractivity contribution is 5.97. The van der Waals surface area contributed by atoms with Crippen molar-refractivity contribution in [1.82, 2.24) is 10.6 Å². The Morgan fingerprint density at radius 3 is 1.72 bits per heavy atom. The lowest BCUT2D eigenvalue weighted by Crippen LogP contribution is -2.42. The molecule has 0 radical (unpaired) electrons. The molecule has 0 heterocycles. The van der Waals surface area contributed by atoms with Gasteiger partial charge in [-0.25, -0.2) is 9.59 Å². The minimum absolute atomic E-state index is 0.0511. The van der Waals surface area contributed by atoms with E-state index in [9.17, 15) is 19.2 Å². The SMILES string of the molecule is COC(=O)c1ccc(C(=O)NCC2CCCC2NC(=O)c2ccc(C(=O)OC)cc2)cc1. The summed E-state index contributed by atoms with van der Waals surface area (Å²) in [5.41, 5.74) is 1.66. The summed E-state index contributed by atoms with van der Waals surface area (Å²) in [7, 11) is 2.61. The number of rotatable bonds is 7. The molecule has 0 aromatic heterocycles. The minimum Gasteiger partial charge on any atom is -0.465 e. The number of benzene rings is 2. The van der Waals surface area contributed by atoms with Gasteiger partial charge in [0.05, 0.1) is 25.3 Å². The molecule has 0 saturated heterocycles. The van der Waals surface area contributed by atoms with Crippen LogP contribution in [0.25, 0.3) is 0 Å². The highest BCUT2D eigenvalue weighted by atomic mass is 16.5. The zero-order valence-corrected chi connectivity index (χ0v) is 18.1. The van der Waals surface area contributed by atoms with Crippen LogP contribution in [0.4, 0.5) is 0 Å². The van der Waals surface area contributed by atoms with Gasteiger partial charge >= 0.3 is 11.9 Å². The summed E-state index contributed by atoms with van der Waals surface area (Å²) < 4.78 is 9.32. The van der Waals surface area contributed by atoms with Gasteiger partial charge in [0, 0.05) is 23.7 Å². The Balaban J connectivity index is 1.54. The van der Waals surface area contributed by atoms with Gasteiger partial charge in [-0.2, -0.15) is 0 Å². The Kier molecular flexibility index (Phi) is 7.59. The molecule has 2 amide bonds. The summed E-state index contributed by atoms with van der Waals surface area (Å²) in [6.07, 6.45) is 2.69. The molecule has 3 rings (SSSR count). The van der Waals surface area contributed by atoms with Gasteiger partial charge in [-0.1, -0.05) is 6.42 Å². The highest BCUT2D eigenvalue weighted by Crippen LogP contribution is 2.25. The highest BCUT2D eigenvalue weighted by Gasteiger charge is 2.29. The van der Waals surface area contributed by atoms with Gasteiger partial charge in [0.2, 0.25) is 0 Å². The number of nitrogens with one attached hydrogen (secondary N) is 2. The number of ether oxygens (including phenoxy) is 2. The maximum atomic E-state index is 12.6. The van der Waals surface area contributed by atoms with Crippen LogP contribution in [0.1, 0.15) is 60.7 Å². The molecule has 2 unspecified atom stereocenters. The van der Waals surface area contributed by atoms with Gasteiger partial charge in [0.1, 0.15) is 0 Å². The van der Waals surface area contributed by atoms with Crippen molar-refractivity contribution in [1.29, 1.82) is 0 Å². The number of esters is 2. The fraction of sp³-hybridized carbons (Fsp3) is 0.333. The predicted molar refractivity (Wildman–Crippen MR) is 116 cm³/mol. The molecular formula is C24H26N2O6. The molecule has 2 aromatic carbocycles. The largest absolute Gasteiger partial charge is 0.465 e. The third-order valence-electron chi connectivity index (χ3n) is 5.64. The molecule has 8 heteroatoms. The summed E-state index contributed by atoms with van der Waals surface area (Å²) in [6.45, 7) is 0.434. The predicted octanol–water partition coefficient (Wildman–Crippen LogP) is 2.59. The number of hydrogen-bond acceptors (Lipinski definition) is 6. The fourth-order valence-corrected chi connectivity index (χ4v) is 3.80. The van der Waals surface area contributed by atoms with Gasteiger partial charge in [0.25, 0.3) is 11.8 Å². The Hall–Kier alpha value is -3.68. The second-order valence-electron chi connectivity index (χ2n) is 7.62. The average molecular weight is 438 g/mol. The Labute approximate surface area is 186 Å². The summed E-state index contributed by atoms with van der Waals surface area (Å²) in [5.74, 6) is -1.25. The van der Waals surface area contributed by atoms with E-state index in [1.807, 2.05) is 0 Å². The molecule has 1 aliphatic rings. The third kappa shape index (κ3) is 5.51. The van der Waals surface area contributed by atoms with E-state index in [-0.39, 0.29) is 23.8 Å². The maximum absolute atomic E-state index is 12.6. The van der Waals surface area contributed by atoms with Crippen molar-refractivity contribution in [3.8, 4) is 0 Å². The van der Waals surface area contributed by atoms with Crippen molar-refractivity contribution in [2.75, 3.05) is 20.8 Å². The zero-order chi connectivity index (χ0) is 23.1. The molecule has 32 heavy (non-hydrogen) atoms. The molecule has 0 spiro atoms. The van der Waals surface area contributed by atoms with Gasteiger partial charge < -0.3 is 20.1 Å². The smallest absolute Gasteiger partial charge is 0.337 e. The lowest BCUT2D eigenvalue weighted by Gasteiger charge is -2.21. The number of methoxy groups -OCH3 is 2. The van der Waals surface area contributed by atoms with E-state index in [0.29, 0.717) is 28.8 Å². The lowest BCUT2D eigenvalue weighted by atomic mass is 10.0. The van der Waals surface area contributed by atoms with Crippen LogP contribution in [-0.2, 0) is 9.47 Å². The van der Waals surface area contributed by atoms with E-state index >= 15 is 0 Å². The van der Waals surface area contributed by atoms with E-state index in [1.54, 1.807) is 48.5 Å². The zero-order valence-electron chi connectivity index (χ0n) is 18.1. The van der Waals surface area contributed by atoms with Gasteiger partial charge in [-0.3, -0.25) is 9.59 Å². The summed E-state index contributed by atoms with van der Waals surface area (Å²) in [4.78, 5) is 48.1. The van der Waals surface area contributed by atoms with Crippen LogP contribution < -0.4 is 10.6 Å². The number of hydrogen-bond donors (Lipinski definition) is 2. The van der Waals surface area contributed by atoms with Crippen LogP contribution in [0.3, 0.4) is 0 Å². The maximum Gasteiger partial charge on any atom is 0.337 e. The van der Waals surface area contributed by atoms with Crippen LogP contribution >= 0.6 is 0 Å². The van der Waals surface area contributed by atoms with Gasteiger partial charge in [-0.15, -0.1) is 0 Å². The van der Waals surface area contributed by atoms with Crippen molar-refractivity contribution in [3.63, 3.8) is 0 Å². The quantitative estimate of drug-likeness (QED) is 0.643. The Bertz CT molecular complexity index is 985. The Morgan fingerprint density at radius 1 is 0.750 bits per heavy atom. The van der Waals surface area contributed by atoms with Crippen LogP contribution in [-0.4, -0.2) is 50.6 Å². The van der Waals surface area contributed by atoms with Gasteiger partial charge in [0.15, 0.2) is 0 Å². The first-order chi connectivity index (χ1) is 15.4. The van der Waals surface area contributed by atoms with Crippen LogP contribution in [0.2, 0.25) is 0 Å². The van der Waals surface area contributed by atoms with E-state index < -0.39 is 11.9 Å². The second-order valence-corrected chi connectivity index (χ2v) is 7.62. The summed E-state index contributed by atoms with van der Waals surface area (Å²) in [5, 5.41) is 5.96. The molecule has 8 nitrogen and oxygen atoms in total. The molecule has 2 aromatic rings. The molecule has 168 valence electrons. The number of amides is 2. The average Bonchev–Trinajstić information content (AvgIpc) is 3.28. The molecule has 0 bridgehead atoms. The molecule has 2 atom stereocenters. The van der Waals surface area contributed by atoms with Crippen molar-refractivity contribution in [2.45, 2.75) is 25.3 Å². The first-order valence-electron chi connectivity index (χ1n) is 10.4. The van der Waals surface area contributed by atoms with Crippen molar-refractivity contribution >= 4 is 23.8 Å². The topological polar surface area (TPSA) is 111 Å². The molecule has 0 aliphatic heterocycles. The number of carbonyl (C=O) groups is 4. The molecule has 1 aliphatic carbocycles. The molecule has 1 saturated carbocycles. The summed E-state index contributed by atoms with van der Waals surface area (Å²) in [6, 6.07) is 12.5. The minimum atomic E-state index is -0.457. The monoisotopic (exact) mass is 438 g/mol. The van der Waals surface area contributed by atoms with Crippen molar-refractivity contribution in [2.24, 2.45) is 5.92 Å². The third-order valence-corrected chi connectivity index (χ3v) is 5.64. The van der Waals surface area contributed by atoms with E-state index in [2.05, 4.69) is 20.1 Å². The van der Waals surface area contributed by atoms with Crippen LogP contribution in [0, 0.1) is 5.92 Å². The normalized spacial score (nSPS) is 17.3. The molecule has 1 fully saturated rings. The van der Waals surface area contributed by atoms with E-state index in [1.165, 1.54) is 14.2 Å². The molecule has 2 N–H and O–H groups in total. The molecular weight excluding hydrogens is 412 g/mol. The lowest BCUT2D eigenvalue weighted by molar-refractivity contribution is 0.0592. The van der Waals surface area contributed by atoms with Crippen LogP contribution in [0.5, 0.6) is 0 Å². The second kappa shape index (κ2) is 10.6. The van der Waals surface area contributed by atoms with Crippen molar-refractivity contribution in [3.05, 3.63) is 70.8 Å². The Morgan fingerprint density at radius 2 is 1.22 bits per heavy atom. The first-order valence-corrected chi connectivity index (χ1v) is 10.4. The van der Waals surface area contributed by atoms with E-state index in [4.69, 9.17) is 0 Å².